The summed E-state index contributed by atoms with van der Waals surface area (Å²) in [4.78, 5) is 44.3. The largest absolute Gasteiger partial charge is 0.459 e. The summed E-state index contributed by atoms with van der Waals surface area (Å²) in [5.41, 5.74) is 1.73. The van der Waals surface area contributed by atoms with E-state index in [9.17, 15) is 14.4 Å². The molecule has 2 aromatic rings. The molecule has 0 unspecified atom stereocenters. The molecule has 1 aliphatic rings. The molecular weight excluding hydrogens is 376 g/mol. The van der Waals surface area contributed by atoms with E-state index in [-0.39, 0.29) is 24.2 Å². The summed E-state index contributed by atoms with van der Waals surface area (Å²) >= 11 is 0. The van der Waals surface area contributed by atoms with Gasteiger partial charge in [0.15, 0.2) is 12.4 Å². The average Bonchev–Trinajstić information content (AvgIpc) is 3.27. The summed E-state index contributed by atoms with van der Waals surface area (Å²) in [5, 5.41) is 6.17. The first-order valence-electron chi connectivity index (χ1n) is 9.16. The highest BCUT2D eigenvalue weighted by Gasteiger charge is 2.26. The van der Waals surface area contributed by atoms with Crippen LogP contribution in [0.2, 0.25) is 0 Å². The molecule has 0 atom stereocenters. The van der Waals surface area contributed by atoms with E-state index in [1.165, 1.54) is 6.26 Å². The van der Waals surface area contributed by atoms with Crippen LogP contribution in [0.1, 0.15) is 16.1 Å². The van der Waals surface area contributed by atoms with Crippen LogP contribution in [0, 0.1) is 6.92 Å². The Morgan fingerprint density at radius 1 is 1.10 bits per heavy atom. The van der Waals surface area contributed by atoms with E-state index in [2.05, 4.69) is 10.5 Å². The van der Waals surface area contributed by atoms with Crippen molar-refractivity contribution in [2.75, 3.05) is 38.1 Å². The fourth-order valence-corrected chi connectivity index (χ4v) is 2.80. The zero-order valence-corrected chi connectivity index (χ0v) is 16.0. The Balaban J connectivity index is 1.36. The molecule has 1 N–H and O–H groups in total. The number of anilines is 1. The quantitative estimate of drug-likeness (QED) is 0.587. The van der Waals surface area contributed by atoms with Gasteiger partial charge in [-0.1, -0.05) is 22.9 Å². The van der Waals surface area contributed by atoms with E-state index in [4.69, 9.17) is 9.25 Å². The lowest BCUT2D eigenvalue weighted by Crippen LogP contribution is -2.51. The Hall–Kier alpha value is -3.62. The topological polar surface area (TPSA) is 104 Å². The van der Waals surface area contributed by atoms with Crippen molar-refractivity contribution in [1.29, 1.82) is 0 Å². The van der Waals surface area contributed by atoms with Crippen molar-refractivity contribution in [3.8, 4) is 0 Å². The van der Waals surface area contributed by atoms with Crippen molar-refractivity contribution in [2.24, 2.45) is 5.16 Å². The number of nitrogens with one attached hydrogen (secondary N) is 1. The van der Waals surface area contributed by atoms with Crippen LogP contribution in [0.15, 0.2) is 52.2 Å². The van der Waals surface area contributed by atoms with Crippen LogP contribution in [0.25, 0.3) is 0 Å². The van der Waals surface area contributed by atoms with Crippen molar-refractivity contribution in [1.82, 2.24) is 9.80 Å². The lowest BCUT2D eigenvalue weighted by atomic mass is 10.2. The molecule has 2 heterocycles. The number of hydrogen-bond donors (Lipinski definition) is 1. The third-order valence-electron chi connectivity index (χ3n) is 4.40. The molecule has 0 radical (unpaired) electrons. The van der Waals surface area contributed by atoms with Crippen molar-refractivity contribution >= 4 is 29.6 Å². The second-order valence-electron chi connectivity index (χ2n) is 6.51. The molecule has 29 heavy (non-hydrogen) atoms. The Bertz CT molecular complexity index is 869. The molecule has 1 aromatic heterocycles. The van der Waals surface area contributed by atoms with Gasteiger partial charge in [-0.05, 0) is 31.2 Å². The van der Waals surface area contributed by atoms with Crippen LogP contribution >= 0.6 is 0 Å². The van der Waals surface area contributed by atoms with Crippen molar-refractivity contribution in [3.05, 3.63) is 54.0 Å². The summed E-state index contributed by atoms with van der Waals surface area (Å²) in [6, 6.07) is 10.6. The molecule has 1 aromatic carbocycles. The van der Waals surface area contributed by atoms with Crippen LogP contribution in [0.4, 0.5) is 5.69 Å². The maximum absolute atomic E-state index is 12.2. The highest BCUT2D eigenvalue weighted by Crippen LogP contribution is 2.10. The van der Waals surface area contributed by atoms with Crippen LogP contribution in [-0.4, -0.2) is 66.5 Å². The number of benzene rings is 1. The van der Waals surface area contributed by atoms with Gasteiger partial charge in [-0.2, -0.15) is 0 Å². The number of amides is 3. The Kier molecular flexibility index (Phi) is 6.62. The van der Waals surface area contributed by atoms with Gasteiger partial charge in [0.25, 0.3) is 17.7 Å². The standard InChI is InChI=1S/C20H22N4O5/c1-15-4-6-16(7-5-15)22-18(25)13-21-29-14-19(26)23-8-10-24(11-9-23)20(27)17-3-2-12-28-17/h2-7,12-13H,8-11,14H2,1H3,(H,22,25)/b21-13-. The number of carbonyl (C=O) groups is 3. The Labute approximate surface area is 167 Å². The zero-order valence-electron chi connectivity index (χ0n) is 16.0. The highest BCUT2D eigenvalue weighted by atomic mass is 16.6. The van der Waals surface area contributed by atoms with Crippen LogP contribution in [0.3, 0.4) is 0 Å². The second kappa shape index (κ2) is 9.54. The lowest BCUT2D eigenvalue weighted by molar-refractivity contribution is -0.137. The minimum atomic E-state index is -0.452. The van der Waals surface area contributed by atoms with E-state index < -0.39 is 5.91 Å². The number of piperazine rings is 1. The molecule has 1 fully saturated rings. The summed E-state index contributed by atoms with van der Waals surface area (Å²) in [7, 11) is 0. The first-order chi connectivity index (χ1) is 14.0. The SMILES string of the molecule is Cc1ccc(NC(=O)/C=N\OCC(=O)N2CCN(C(=O)c3ccco3)CC2)cc1. The Morgan fingerprint density at radius 3 is 2.45 bits per heavy atom. The first kappa shape index (κ1) is 20.1. The van der Waals surface area contributed by atoms with Crippen LogP contribution in [0.5, 0.6) is 0 Å². The number of nitrogens with zero attached hydrogens (tertiary/aromatic N) is 3. The molecule has 9 nitrogen and oxygen atoms in total. The third-order valence-corrected chi connectivity index (χ3v) is 4.40. The predicted molar refractivity (Wildman–Crippen MR) is 105 cm³/mol. The van der Waals surface area contributed by atoms with Crippen LogP contribution < -0.4 is 5.32 Å². The van der Waals surface area contributed by atoms with Crippen molar-refractivity contribution in [2.45, 2.75) is 6.92 Å². The van der Waals surface area contributed by atoms with Gasteiger partial charge in [0.05, 0.1) is 6.26 Å². The normalized spacial score (nSPS) is 14.1. The number of aryl methyl sites for hydroxylation is 1. The minimum absolute atomic E-state index is 0.192. The number of hydrogen-bond acceptors (Lipinski definition) is 6. The van der Waals surface area contributed by atoms with E-state index in [1.54, 1.807) is 34.1 Å². The predicted octanol–water partition coefficient (Wildman–Crippen LogP) is 1.51. The van der Waals surface area contributed by atoms with E-state index in [0.29, 0.717) is 31.9 Å². The summed E-state index contributed by atoms with van der Waals surface area (Å²) in [5.74, 6) is -0.619. The fourth-order valence-electron chi connectivity index (χ4n) is 2.80. The van der Waals surface area contributed by atoms with Gasteiger partial charge in [-0.15, -0.1) is 0 Å². The third kappa shape index (κ3) is 5.68. The van der Waals surface area contributed by atoms with Crippen molar-refractivity contribution < 1.29 is 23.6 Å². The molecule has 0 bridgehead atoms. The molecule has 9 heteroatoms. The second-order valence-corrected chi connectivity index (χ2v) is 6.51. The molecule has 0 saturated carbocycles. The van der Waals surface area contributed by atoms with Gasteiger partial charge < -0.3 is 24.4 Å². The summed E-state index contributed by atoms with van der Waals surface area (Å²) in [6.45, 7) is 3.29. The molecule has 0 spiro atoms. The molecule has 3 amide bonds. The molecule has 152 valence electrons. The van der Waals surface area contributed by atoms with Crippen LogP contribution in [-0.2, 0) is 14.4 Å². The first-order valence-corrected chi connectivity index (χ1v) is 9.16. The maximum atomic E-state index is 12.2. The molecule has 0 aliphatic carbocycles. The van der Waals surface area contributed by atoms with Gasteiger partial charge >= 0.3 is 0 Å². The fraction of sp³-hybridized carbons (Fsp3) is 0.300. The number of furan rings is 1. The molecular formula is C20H22N4O5. The number of rotatable bonds is 6. The molecule has 3 rings (SSSR count). The number of oxime groups is 1. The molecule has 1 aliphatic heterocycles. The monoisotopic (exact) mass is 398 g/mol. The Morgan fingerprint density at radius 2 is 1.79 bits per heavy atom. The maximum Gasteiger partial charge on any atom is 0.289 e. The van der Waals surface area contributed by atoms with E-state index in [0.717, 1.165) is 11.8 Å². The summed E-state index contributed by atoms with van der Waals surface area (Å²) < 4.78 is 5.11. The zero-order chi connectivity index (χ0) is 20.6. The smallest absolute Gasteiger partial charge is 0.289 e. The number of carbonyl (C=O) groups excluding carboxylic acids is 3. The van der Waals surface area contributed by atoms with Gasteiger partial charge in [0.2, 0.25) is 0 Å². The van der Waals surface area contributed by atoms with Gasteiger partial charge in [-0.3, -0.25) is 14.4 Å². The summed E-state index contributed by atoms with van der Waals surface area (Å²) in [6.07, 6.45) is 2.43. The van der Waals surface area contributed by atoms with E-state index in [1.807, 2.05) is 19.1 Å². The lowest BCUT2D eigenvalue weighted by Gasteiger charge is -2.34. The van der Waals surface area contributed by atoms with Gasteiger partial charge in [-0.25, -0.2) is 0 Å². The van der Waals surface area contributed by atoms with Gasteiger partial charge in [0, 0.05) is 31.9 Å². The van der Waals surface area contributed by atoms with Crippen molar-refractivity contribution in [3.63, 3.8) is 0 Å². The average molecular weight is 398 g/mol. The minimum Gasteiger partial charge on any atom is -0.459 e. The molecule has 1 saturated heterocycles. The highest BCUT2D eigenvalue weighted by molar-refractivity contribution is 6.31. The van der Waals surface area contributed by atoms with Gasteiger partial charge in [0.1, 0.15) is 6.21 Å². The van der Waals surface area contributed by atoms with E-state index >= 15 is 0 Å².